The number of hydrogen-bond donors (Lipinski definition) is 3. The quantitative estimate of drug-likeness (QED) is 0.654. The highest BCUT2D eigenvalue weighted by molar-refractivity contribution is 5.62. The monoisotopic (exact) mass is 315 g/mol. The van der Waals surface area contributed by atoms with E-state index in [4.69, 9.17) is 4.42 Å². The first-order valence-electron chi connectivity index (χ1n) is 7.31. The largest absolute Gasteiger partial charge is 0.466 e. The van der Waals surface area contributed by atoms with E-state index in [-0.39, 0.29) is 5.82 Å². The molecule has 23 heavy (non-hydrogen) atoms. The summed E-state index contributed by atoms with van der Waals surface area (Å²) in [4.78, 5) is 0. The maximum atomic E-state index is 13.0. The number of halogens is 1. The molecule has 120 valence electrons. The SMILES string of the molecule is CC(O)(CNCc1cn[nH]c1-c1ccc(F)cc1)c1ccco1. The van der Waals surface area contributed by atoms with Gasteiger partial charge in [-0.25, -0.2) is 4.39 Å². The molecule has 1 aromatic carbocycles. The molecule has 0 amide bonds. The van der Waals surface area contributed by atoms with Crippen LogP contribution in [0.25, 0.3) is 11.3 Å². The Labute approximate surface area is 133 Å². The summed E-state index contributed by atoms with van der Waals surface area (Å²) in [7, 11) is 0. The van der Waals surface area contributed by atoms with Crippen molar-refractivity contribution in [1.29, 1.82) is 0 Å². The van der Waals surface area contributed by atoms with Crippen molar-refractivity contribution < 1.29 is 13.9 Å². The van der Waals surface area contributed by atoms with Crippen molar-refractivity contribution in [2.75, 3.05) is 6.54 Å². The smallest absolute Gasteiger partial charge is 0.136 e. The lowest BCUT2D eigenvalue weighted by molar-refractivity contribution is 0.0340. The molecule has 1 atom stereocenters. The van der Waals surface area contributed by atoms with E-state index in [0.717, 1.165) is 16.8 Å². The third-order valence-corrected chi connectivity index (χ3v) is 3.69. The average Bonchev–Trinajstić information content (AvgIpc) is 3.19. The number of benzene rings is 1. The Bertz CT molecular complexity index is 749. The van der Waals surface area contributed by atoms with Gasteiger partial charge in [0.2, 0.25) is 0 Å². The molecule has 0 fully saturated rings. The standard InChI is InChI=1S/C17H18FN3O2/c1-17(22,15-3-2-8-23-15)11-19-9-13-10-20-21-16(13)12-4-6-14(18)7-5-12/h2-8,10,19,22H,9,11H2,1H3,(H,20,21). The fourth-order valence-electron chi connectivity index (χ4n) is 2.42. The molecule has 2 heterocycles. The molecule has 6 heteroatoms. The van der Waals surface area contributed by atoms with Crippen molar-refractivity contribution >= 4 is 0 Å². The van der Waals surface area contributed by atoms with Crippen LogP contribution in [0.2, 0.25) is 0 Å². The number of rotatable bonds is 6. The molecule has 0 aliphatic rings. The molecule has 3 rings (SSSR count). The molecule has 0 saturated carbocycles. The Morgan fingerprint density at radius 2 is 2.09 bits per heavy atom. The van der Waals surface area contributed by atoms with Crippen molar-refractivity contribution in [3.63, 3.8) is 0 Å². The average molecular weight is 315 g/mol. The normalized spacial score (nSPS) is 13.9. The minimum absolute atomic E-state index is 0.276. The van der Waals surface area contributed by atoms with E-state index in [1.54, 1.807) is 37.4 Å². The summed E-state index contributed by atoms with van der Waals surface area (Å²) >= 11 is 0. The van der Waals surface area contributed by atoms with E-state index in [0.29, 0.717) is 18.8 Å². The minimum Gasteiger partial charge on any atom is -0.466 e. The van der Waals surface area contributed by atoms with E-state index >= 15 is 0 Å². The van der Waals surface area contributed by atoms with Gasteiger partial charge in [-0.1, -0.05) is 0 Å². The van der Waals surface area contributed by atoms with Crippen LogP contribution in [-0.2, 0) is 12.1 Å². The summed E-state index contributed by atoms with van der Waals surface area (Å²) in [5.41, 5.74) is 1.53. The fraction of sp³-hybridized carbons (Fsp3) is 0.235. The molecule has 1 unspecified atom stereocenters. The minimum atomic E-state index is -1.09. The highest BCUT2D eigenvalue weighted by atomic mass is 19.1. The van der Waals surface area contributed by atoms with Gasteiger partial charge in [-0.15, -0.1) is 0 Å². The lowest BCUT2D eigenvalue weighted by Crippen LogP contribution is -2.34. The van der Waals surface area contributed by atoms with Gasteiger partial charge in [0, 0.05) is 24.2 Å². The number of hydrogen-bond acceptors (Lipinski definition) is 4. The zero-order valence-corrected chi connectivity index (χ0v) is 12.7. The van der Waals surface area contributed by atoms with Crippen molar-refractivity contribution in [1.82, 2.24) is 15.5 Å². The summed E-state index contributed by atoms with van der Waals surface area (Å²) in [6, 6.07) is 9.71. The Kier molecular flexibility index (Phi) is 4.27. The first kappa shape index (κ1) is 15.5. The molecule has 2 aromatic heterocycles. The van der Waals surface area contributed by atoms with Crippen LogP contribution in [0.1, 0.15) is 18.2 Å². The predicted molar refractivity (Wildman–Crippen MR) is 84.0 cm³/mol. The number of furan rings is 1. The first-order valence-corrected chi connectivity index (χ1v) is 7.31. The van der Waals surface area contributed by atoms with Gasteiger partial charge in [0.25, 0.3) is 0 Å². The molecule has 5 nitrogen and oxygen atoms in total. The molecule has 0 aliphatic heterocycles. The Balaban J connectivity index is 1.66. The van der Waals surface area contributed by atoms with Gasteiger partial charge in [0.15, 0.2) is 0 Å². The molecule has 3 N–H and O–H groups in total. The number of nitrogens with zero attached hydrogens (tertiary/aromatic N) is 1. The molecule has 0 aliphatic carbocycles. The van der Waals surface area contributed by atoms with Crippen molar-refractivity contribution in [3.05, 3.63) is 66.0 Å². The third kappa shape index (κ3) is 3.49. The number of aromatic amines is 1. The third-order valence-electron chi connectivity index (χ3n) is 3.69. The second-order valence-electron chi connectivity index (χ2n) is 5.63. The maximum absolute atomic E-state index is 13.0. The van der Waals surface area contributed by atoms with E-state index in [1.807, 2.05) is 0 Å². The predicted octanol–water partition coefficient (Wildman–Crippen LogP) is 2.81. The second-order valence-corrected chi connectivity index (χ2v) is 5.63. The van der Waals surface area contributed by atoms with Crippen molar-refractivity contribution in [3.8, 4) is 11.3 Å². The van der Waals surface area contributed by atoms with Gasteiger partial charge in [0.05, 0.1) is 18.2 Å². The molecular formula is C17H18FN3O2. The summed E-state index contributed by atoms with van der Waals surface area (Å²) in [6.45, 7) is 2.53. The first-order chi connectivity index (χ1) is 11.1. The van der Waals surface area contributed by atoms with Crippen LogP contribution < -0.4 is 5.32 Å². The summed E-state index contributed by atoms with van der Waals surface area (Å²) < 4.78 is 18.3. The van der Waals surface area contributed by atoms with Crippen LogP contribution in [0.3, 0.4) is 0 Å². The van der Waals surface area contributed by atoms with E-state index < -0.39 is 5.60 Å². The number of aromatic nitrogens is 2. The fourth-order valence-corrected chi connectivity index (χ4v) is 2.42. The molecule has 0 radical (unpaired) electrons. The second kappa shape index (κ2) is 6.36. The van der Waals surface area contributed by atoms with Crippen LogP contribution >= 0.6 is 0 Å². The summed E-state index contributed by atoms with van der Waals surface area (Å²) in [6.07, 6.45) is 3.25. The van der Waals surface area contributed by atoms with Gasteiger partial charge in [-0.05, 0) is 43.3 Å². The van der Waals surface area contributed by atoms with Crippen LogP contribution in [-0.4, -0.2) is 21.8 Å². The van der Waals surface area contributed by atoms with Crippen molar-refractivity contribution in [2.45, 2.75) is 19.1 Å². The zero-order chi connectivity index (χ0) is 16.3. The van der Waals surface area contributed by atoms with Gasteiger partial charge < -0.3 is 14.8 Å². The van der Waals surface area contributed by atoms with Gasteiger partial charge in [-0.2, -0.15) is 5.10 Å². The summed E-state index contributed by atoms with van der Waals surface area (Å²) in [5, 5.41) is 20.6. The topological polar surface area (TPSA) is 74.1 Å². The maximum Gasteiger partial charge on any atom is 0.136 e. The van der Waals surface area contributed by atoms with E-state index in [2.05, 4.69) is 15.5 Å². The Hall–Kier alpha value is -2.44. The zero-order valence-electron chi connectivity index (χ0n) is 12.7. The lowest BCUT2D eigenvalue weighted by Gasteiger charge is -2.21. The molecule has 3 aromatic rings. The van der Waals surface area contributed by atoms with Gasteiger partial charge in [0.1, 0.15) is 17.2 Å². The van der Waals surface area contributed by atoms with E-state index in [9.17, 15) is 9.50 Å². The number of H-pyrrole nitrogens is 1. The van der Waals surface area contributed by atoms with Gasteiger partial charge >= 0.3 is 0 Å². The highest BCUT2D eigenvalue weighted by Crippen LogP contribution is 2.23. The Morgan fingerprint density at radius 1 is 1.30 bits per heavy atom. The van der Waals surface area contributed by atoms with Crippen molar-refractivity contribution in [2.24, 2.45) is 0 Å². The molecule has 0 saturated heterocycles. The number of nitrogens with one attached hydrogen (secondary N) is 2. The molecular weight excluding hydrogens is 297 g/mol. The van der Waals surface area contributed by atoms with Crippen LogP contribution in [0.4, 0.5) is 4.39 Å². The Morgan fingerprint density at radius 3 is 2.78 bits per heavy atom. The summed E-state index contributed by atoms with van der Waals surface area (Å²) in [5.74, 6) is 0.235. The lowest BCUT2D eigenvalue weighted by atomic mass is 10.0. The van der Waals surface area contributed by atoms with Gasteiger partial charge in [-0.3, -0.25) is 5.10 Å². The molecule has 0 spiro atoms. The molecule has 0 bridgehead atoms. The van der Waals surface area contributed by atoms with Crippen LogP contribution in [0, 0.1) is 5.82 Å². The number of aliphatic hydroxyl groups is 1. The highest BCUT2D eigenvalue weighted by Gasteiger charge is 2.25. The van der Waals surface area contributed by atoms with Crippen LogP contribution in [0.15, 0.2) is 53.3 Å². The van der Waals surface area contributed by atoms with E-state index in [1.165, 1.54) is 18.4 Å². The van der Waals surface area contributed by atoms with Crippen LogP contribution in [0.5, 0.6) is 0 Å².